The third-order valence-electron chi connectivity index (χ3n) is 2.93. The average molecular weight is 248 g/mol. The predicted octanol–water partition coefficient (Wildman–Crippen LogP) is 0.844. The van der Waals surface area contributed by atoms with E-state index in [1.807, 2.05) is 0 Å². The topological polar surface area (TPSA) is 33.1 Å². The summed E-state index contributed by atoms with van der Waals surface area (Å²) in [5.41, 5.74) is 0.597. The first-order valence-electron chi connectivity index (χ1n) is 5.49. The fourth-order valence-corrected chi connectivity index (χ4v) is 1.95. The van der Waals surface area contributed by atoms with Gasteiger partial charge in [-0.3, -0.25) is 4.90 Å². The van der Waals surface area contributed by atoms with Crippen LogP contribution in [0.1, 0.15) is 11.5 Å². The van der Waals surface area contributed by atoms with E-state index >= 15 is 0 Å². The lowest BCUT2D eigenvalue weighted by Crippen LogP contribution is -2.43. The highest BCUT2D eigenvalue weighted by molar-refractivity contribution is 5.07. The molecule has 96 valence electrons. The molecule has 0 atom stereocenters. The standard InChI is InChI=1S/C10H15F3N4/c1-16-8(6-15-9(16)10(11,12)13)7-17-4-2-14-3-5-17/h6,14H,2-5,7H2,1H3. The Morgan fingerprint density at radius 1 is 1.35 bits per heavy atom. The van der Waals surface area contributed by atoms with Crippen molar-refractivity contribution < 1.29 is 13.2 Å². The van der Waals surface area contributed by atoms with Gasteiger partial charge in [-0.2, -0.15) is 13.2 Å². The highest BCUT2D eigenvalue weighted by Crippen LogP contribution is 2.28. The molecule has 1 aromatic rings. The molecule has 0 saturated carbocycles. The zero-order valence-electron chi connectivity index (χ0n) is 9.59. The van der Waals surface area contributed by atoms with Crippen LogP contribution in [0.4, 0.5) is 13.2 Å². The van der Waals surface area contributed by atoms with Crippen LogP contribution in [0.15, 0.2) is 6.20 Å². The first-order valence-corrected chi connectivity index (χ1v) is 5.49. The van der Waals surface area contributed by atoms with Crippen LogP contribution >= 0.6 is 0 Å². The molecule has 0 unspecified atom stereocenters. The molecule has 1 N–H and O–H groups in total. The van der Waals surface area contributed by atoms with Crippen molar-refractivity contribution in [2.24, 2.45) is 7.05 Å². The minimum atomic E-state index is -4.38. The summed E-state index contributed by atoms with van der Waals surface area (Å²) in [5, 5.41) is 3.20. The molecule has 0 aliphatic carbocycles. The number of halogens is 3. The first kappa shape index (κ1) is 12.4. The van der Waals surface area contributed by atoms with E-state index < -0.39 is 12.0 Å². The molecule has 1 aliphatic heterocycles. The Labute approximate surface area is 97.4 Å². The number of rotatable bonds is 2. The molecule has 2 heterocycles. The summed E-state index contributed by atoms with van der Waals surface area (Å²) in [5.74, 6) is -0.831. The molecule has 1 aliphatic rings. The Balaban J connectivity index is 2.09. The minimum Gasteiger partial charge on any atom is -0.326 e. The summed E-state index contributed by atoms with van der Waals surface area (Å²) in [7, 11) is 1.41. The third kappa shape index (κ3) is 2.78. The van der Waals surface area contributed by atoms with Crippen LogP contribution in [0.5, 0.6) is 0 Å². The number of hydrogen-bond donors (Lipinski definition) is 1. The van der Waals surface area contributed by atoms with E-state index in [4.69, 9.17) is 0 Å². The van der Waals surface area contributed by atoms with Crippen molar-refractivity contribution in [2.45, 2.75) is 12.7 Å². The van der Waals surface area contributed by atoms with Gasteiger partial charge in [-0.25, -0.2) is 4.98 Å². The number of piperazine rings is 1. The van der Waals surface area contributed by atoms with Gasteiger partial charge in [0, 0.05) is 39.8 Å². The van der Waals surface area contributed by atoms with Gasteiger partial charge in [0.2, 0.25) is 5.82 Å². The molecular formula is C10H15F3N4. The fraction of sp³-hybridized carbons (Fsp3) is 0.700. The lowest BCUT2D eigenvalue weighted by Gasteiger charge is -2.27. The second-order valence-electron chi connectivity index (χ2n) is 4.16. The Bertz CT molecular complexity index is 379. The monoisotopic (exact) mass is 248 g/mol. The number of hydrogen-bond acceptors (Lipinski definition) is 3. The molecule has 4 nitrogen and oxygen atoms in total. The molecule has 0 spiro atoms. The molecule has 7 heteroatoms. The Kier molecular flexibility index (Phi) is 3.39. The number of nitrogens with one attached hydrogen (secondary N) is 1. The maximum atomic E-state index is 12.5. The van der Waals surface area contributed by atoms with Crippen LogP contribution < -0.4 is 5.32 Å². The van der Waals surface area contributed by atoms with Crippen LogP contribution in [0.3, 0.4) is 0 Å². The zero-order chi connectivity index (χ0) is 12.5. The summed E-state index contributed by atoms with van der Waals surface area (Å²) in [6.45, 7) is 3.98. The van der Waals surface area contributed by atoms with Gasteiger partial charge in [0.05, 0.1) is 11.9 Å². The largest absolute Gasteiger partial charge is 0.449 e. The normalized spacial score (nSPS) is 18.6. The molecule has 0 amide bonds. The highest BCUT2D eigenvalue weighted by Gasteiger charge is 2.36. The third-order valence-corrected chi connectivity index (χ3v) is 2.93. The molecule has 2 rings (SSSR count). The lowest BCUT2D eigenvalue weighted by molar-refractivity contribution is -0.146. The Hall–Kier alpha value is -1.08. The summed E-state index contributed by atoms with van der Waals surface area (Å²) in [6, 6.07) is 0. The van der Waals surface area contributed by atoms with Gasteiger partial charge in [0.1, 0.15) is 0 Å². The van der Waals surface area contributed by atoms with Crippen LogP contribution in [-0.2, 0) is 19.8 Å². The first-order chi connectivity index (χ1) is 7.98. The van der Waals surface area contributed by atoms with Crippen LogP contribution in [0.2, 0.25) is 0 Å². The number of nitrogens with zero attached hydrogens (tertiary/aromatic N) is 3. The van der Waals surface area contributed by atoms with Gasteiger partial charge in [-0.15, -0.1) is 0 Å². The quantitative estimate of drug-likeness (QED) is 0.842. The Morgan fingerprint density at radius 3 is 2.53 bits per heavy atom. The lowest BCUT2D eigenvalue weighted by atomic mass is 10.3. The van der Waals surface area contributed by atoms with E-state index in [1.165, 1.54) is 13.2 Å². The van der Waals surface area contributed by atoms with E-state index in [9.17, 15) is 13.2 Å². The SMILES string of the molecule is Cn1c(CN2CCNCC2)cnc1C(F)(F)F. The van der Waals surface area contributed by atoms with Crippen molar-refractivity contribution in [3.63, 3.8) is 0 Å². The zero-order valence-corrected chi connectivity index (χ0v) is 9.59. The van der Waals surface area contributed by atoms with Gasteiger partial charge >= 0.3 is 6.18 Å². The molecule has 17 heavy (non-hydrogen) atoms. The van der Waals surface area contributed by atoms with Gasteiger partial charge < -0.3 is 9.88 Å². The summed E-state index contributed by atoms with van der Waals surface area (Å²) in [6.07, 6.45) is -3.07. The van der Waals surface area contributed by atoms with Crippen molar-refractivity contribution in [2.75, 3.05) is 26.2 Å². The summed E-state index contributed by atoms with van der Waals surface area (Å²) < 4.78 is 38.7. The molecular weight excluding hydrogens is 233 g/mol. The number of imidazole rings is 1. The maximum Gasteiger partial charge on any atom is 0.449 e. The average Bonchev–Trinajstić information content (AvgIpc) is 2.61. The second-order valence-corrected chi connectivity index (χ2v) is 4.16. The molecule has 1 fully saturated rings. The predicted molar refractivity (Wildman–Crippen MR) is 56.4 cm³/mol. The van der Waals surface area contributed by atoms with E-state index in [-0.39, 0.29) is 0 Å². The van der Waals surface area contributed by atoms with Crippen molar-refractivity contribution in [1.82, 2.24) is 19.8 Å². The van der Waals surface area contributed by atoms with Gasteiger partial charge in [-0.05, 0) is 0 Å². The van der Waals surface area contributed by atoms with Crippen LogP contribution in [0.25, 0.3) is 0 Å². The molecule has 1 aromatic heterocycles. The van der Waals surface area contributed by atoms with Crippen molar-refractivity contribution >= 4 is 0 Å². The van der Waals surface area contributed by atoms with Crippen LogP contribution in [-0.4, -0.2) is 40.6 Å². The minimum absolute atomic E-state index is 0.515. The van der Waals surface area contributed by atoms with Crippen molar-refractivity contribution in [3.8, 4) is 0 Å². The van der Waals surface area contributed by atoms with Crippen molar-refractivity contribution in [3.05, 3.63) is 17.7 Å². The summed E-state index contributed by atoms with van der Waals surface area (Å²) >= 11 is 0. The second kappa shape index (κ2) is 4.66. The molecule has 0 radical (unpaired) electrons. The van der Waals surface area contributed by atoms with Crippen LogP contribution in [0, 0.1) is 0 Å². The van der Waals surface area contributed by atoms with Gasteiger partial charge in [0.15, 0.2) is 0 Å². The van der Waals surface area contributed by atoms with E-state index in [2.05, 4.69) is 15.2 Å². The molecule has 1 saturated heterocycles. The maximum absolute atomic E-state index is 12.5. The van der Waals surface area contributed by atoms with Crippen molar-refractivity contribution in [1.29, 1.82) is 0 Å². The van der Waals surface area contributed by atoms with Gasteiger partial charge in [0.25, 0.3) is 0 Å². The number of alkyl halides is 3. The van der Waals surface area contributed by atoms with E-state index in [0.29, 0.717) is 12.2 Å². The van der Waals surface area contributed by atoms with Gasteiger partial charge in [-0.1, -0.05) is 0 Å². The van der Waals surface area contributed by atoms with E-state index in [0.717, 1.165) is 30.7 Å². The molecule has 0 aromatic carbocycles. The number of aromatic nitrogens is 2. The fourth-order valence-electron chi connectivity index (χ4n) is 1.95. The van der Waals surface area contributed by atoms with E-state index in [1.54, 1.807) is 0 Å². The molecule has 0 bridgehead atoms. The Morgan fingerprint density at radius 2 is 2.00 bits per heavy atom. The summed E-state index contributed by atoms with van der Waals surface area (Å²) in [4.78, 5) is 5.57. The highest BCUT2D eigenvalue weighted by atomic mass is 19.4. The smallest absolute Gasteiger partial charge is 0.326 e.